The Morgan fingerprint density at radius 3 is 2.77 bits per heavy atom. The first-order valence-corrected chi connectivity index (χ1v) is 12.7. The van der Waals surface area contributed by atoms with Crippen molar-refractivity contribution in [1.29, 1.82) is 0 Å². The third-order valence-electron chi connectivity index (χ3n) is 7.73. The Morgan fingerprint density at radius 1 is 1.14 bits per heavy atom. The molecule has 3 heterocycles. The van der Waals surface area contributed by atoms with E-state index in [1.54, 1.807) is 7.11 Å². The average molecular weight is 473 g/mol. The lowest BCUT2D eigenvalue weighted by Gasteiger charge is -2.25. The van der Waals surface area contributed by atoms with Crippen LogP contribution in [0.3, 0.4) is 0 Å². The highest BCUT2D eigenvalue weighted by molar-refractivity contribution is 5.94. The van der Waals surface area contributed by atoms with Crippen LogP contribution in [0.2, 0.25) is 0 Å². The molecule has 2 aromatic heterocycles. The standard InChI is InChI=1S/C27H32N6O2/c1-35-27-24-6-5-18(12-28-11-17-3-2-4-17)7-19(24)9-23(31-27)14-29-26(34)20-10-25(32-30-13-20)33-15-21-8-22(21)16-33/h5-7,9-10,13,17,21-22,28H,2-4,8,11-12,14-16H2,1H3,(H,29,34). The highest BCUT2D eigenvalue weighted by Crippen LogP contribution is 2.45. The van der Waals surface area contributed by atoms with E-state index in [0.717, 1.165) is 66.2 Å². The predicted octanol–water partition coefficient (Wildman–Crippen LogP) is 3.31. The lowest BCUT2D eigenvalue weighted by Crippen LogP contribution is -2.26. The van der Waals surface area contributed by atoms with Crippen molar-refractivity contribution < 1.29 is 9.53 Å². The first kappa shape index (κ1) is 22.2. The van der Waals surface area contributed by atoms with Crippen LogP contribution in [0.1, 0.15) is 47.3 Å². The second-order valence-electron chi connectivity index (χ2n) is 10.3. The summed E-state index contributed by atoms with van der Waals surface area (Å²) in [6.45, 7) is 4.27. The normalized spacial score (nSPS) is 21.0. The molecule has 0 radical (unpaired) electrons. The molecule has 2 unspecified atom stereocenters. The first-order chi connectivity index (χ1) is 17.2. The number of carbonyl (C=O) groups is 1. The summed E-state index contributed by atoms with van der Waals surface area (Å²) in [5, 5.41) is 16.9. The van der Waals surface area contributed by atoms with E-state index in [0.29, 0.717) is 18.0 Å². The van der Waals surface area contributed by atoms with Crippen LogP contribution >= 0.6 is 0 Å². The molecule has 1 aliphatic heterocycles. The quantitative estimate of drug-likeness (QED) is 0.494. The summed E-state index contributed by atoms with van der Waals surface area (Å²) in [5.74, 6) is 3.60. The molecule has 0 spiro atoms. The van der Waals surface area contributed by atoms with Crippen molar-refractivity contribution >= 4 is 22.5 Å². The van der Waals surface area contributed by atoms with Crippen LogP contribution in [0.25, 0.3) is 10.8 Å². The van der Waals surface area contributed by atoms with Crippen molar-refractivity contribution in [2.75, 3.05) is 31.6 Å². The van der Waals surface area contributed by atoms with Crippen LogP contribution in [-0.2, 0) is 13.1 Å². The van der Waals surface area contributed by atoms with Crippen LogP contribution in [0, 0.1) is 17.8 Å². The number of methoxy groups -OCH3 is 1. The van der Waals surface area contributed by atoms with Gasteiger partial charge in [-0.2, -0.15) is 5.10 Å². The number of nitrogens with one attached hydrogen (secondary N) is 2. The fourth-order valence-corrected chi connectivity index (χ4v) is 5.29. The summed E-state index contributed by atoms with van der Waals surface area (Å²) >= 11 is 0. The van der Waals surface area contributed by atoms with Gasteiger partial charge < -0.3 is 20.3 Å². The maximum atomic E-state index is 12.9. The number of piperidine rings is 1. The van der Waals surface area contributed by atoms with Gasteiger partial charge in [0.2, 0.25) is 5.88 Å². The van der Waals surface area contributed by atoms with Crippen molar-refractivity contribution in [2.24, 2.45) is 17.8 Å². The molecular weight excluding hydrogens is 440 g/mol. The smallest absolute Gasteiger partial charge is 0.253 e. The zero-order chi connectivity index (χ0) is 23.8. The fraction of sp³-hybridized carbons (Fsp3) is 0.481. The van der Waals surface area contributed by atoms with Gasteiger partial charge in [0.1, 0.15) is 0 Å². The molecule has 3 aromatic rings. The molecule has 1 amide bonds. The van der Waals surface area contributed by atoms with Crippen molar-refractivity contribution in [3.05, 3.63) is 53.3 Å². The number of hydrogen-bond acceptors (Lipinski definition) is 7. The number of hydrogen-bond donors (Lipinski definition) is 2. The van der Waals surface area contributed by atoms with Crippen LogP contribution in [0.5, 0.6) is 5.88 Å². The summed E-state index contributed by atoms with van der Waals surface area (Å²) < 4.78 is 5.56. The Balaban J connectivity index is 1.13. The molecule has 3 fully saturated rings. The topological polar surface area (TPSA) is 92.3 Å². The van der Waals surface area contributed by atoms with Crippen LogP contribution in [-0.4, -0.2) is 47.8 Å². The number of rotatable bonds is 9. The molecule has 1 saturated heterocycles. The number of anilines is 1. The first-order valence-electron chi connectivity index (χ1n) is 12.7. The summed E-state index contributed by atoms with van der Waals surface area (Å²) in [4.78, 5) is 19.7. The molecule has 6 rings (SSSR count). The molecule has 0 bridgehead atoms. The Hall–Kier alpha value is -3.26. The minimum Gasteiger partial charge on any atom is -0.481 e. The van der Waals surface area contributed by atoms with Gasteiger partial charge in [0.05, 0.1) is 31.1 Å². The van der Waals surface area contributed by atoms with E-state index in [2.05, 4.69) is 48.9 Å². The van der Waals surface area contributed by atoms with E-state index in [-0.39, 0.29) is 5.91 Å². The summed E-state index contributed by atoms with van der Waals surface area (Å²) in [6, 6.07) is 10.2. The second-order valence-corrected chi connectivity index (χ2v) is 10.3. The van der Waals surface area contributed by atoms with Gasteiger partial charge in [0, 0.05) is 25.0 Å². The van der Waals surface area contributed by atoms with Crippen LogP contribution < -0.4 is 20.3 Å². The molecule has 35 heavy (non-hydrogen) atoms. The minimum absolute atomic E-state index is 0.180. The number of carbonyl (C=O) groups excluding carboxylic acids is 1. The highest BCUT2D eigenvalue weighted by atomic mass is 16.5. The Kier molecular flexibility index (Phi) is 5.98. The van der Waals surface area contributed by atoms with E-state index in [1.165, 1.54) is 37.4 Å². The van der Waals surface area contributed by atoms with Gasteiger partial charge >= 0.3 is 0 Å². The Morgan fingerprint density at radius 2 is 2.00 bits per heavy atom. The summed E-state index contributed by atoms with van der Waals surface area (Å²) in [7, 11) is 1.63. The zero-order valence-electron chi connectivity index (χ0n) is 20.2. The molecule has 1 aromatic carbocycles. The van der Waals surface area contributed by atoms with Crippen LogP contribution in [0.15, 0.2) is 36.5 Å². The SMILES string of the molecule is COc1nc(CNC(=O)c2cnnc(N3CC4CC4C3)c2)cc2cc(CNCC3CCC3)ccc12. The summed E-state index contributed by atoms with van der Waals surface area (Å²) in [6.07, 6.45) is 6.90. The van der Waals surface area contributed by atoms with E-state index in [9.17, 15) is 4.79 Å². The Labute approximate surface area is 205 Å². The van der Waals surface area contributed by atoms with Gasteiger partial charge in [-0.05, 0) is 78.8 Å². The number of ether oxygens (including phenoxy) is 1. The van der Waals surface area contributed by atoms with Gasteiger partial charge in [-0.1, -0.05) is 12.5 Å². The van der Waals surface area contributed by atoms with Gasteiger partial charge in [0.25, 0.3) is 5.91 Å². The van der Waals surface area contributed by atoms with Gasteiger partial charge in [-0.15, -0.1) is 5.10 Å². The second kappa shape index (κ2) is 9.41. The van der Waals surface area contributed by atoms with Crippen molar-refractivity contribution in [2.45, 2.75) is 38.8 Å². The van der Waals surface area contributed by atoms with Crippen LogP contribution in [0.4, 0.5) is 5.82 Å². The third kappa shape index (κ3) is 4.80. The van der Waals surface area contributed by atoms with E-state index in [1.807, 2.05) is 12.1 Å². The Bertz CT molecular complexity index is 1230. The fourth-order valence-electron chi connectivity index (χ4n) is 5.29. The average Bonchev–Trinajstić information content (AvgIpc) is 3.47. The monoisotopic (exact) mass is 472 g/mol. The molecule has 2 N–H and O–H groups in total. The molecule has 182 valence electrons. The van der Waals surface area contributed by atoms with Gasteiger partial charge in [0.15, 0.2) is 5.82 Å². The molecule has 8 nitrogen and oxygen atoms in total. The van der Waals surface area contributed by atoms with Gasteiger partial charge in [-0.25, -0.2) is 4.98 Å². The maximum absolute atomic E-state index is 12.9. The van der Waals surface area contributed by atoms with Crippen molar-refractivity contribution in [3.8, 4) is 5.88 Å². The number of fused-ring (bicyclic) bond motifs is 2. The number of benzene rings is 1. The van der Waals surface area contributed by atoms with Crippen molar-refractivity contribution in [1.82, 2.24) is 25.8 Å². The minimum atomic E-state index is -0.180. The number of amides is 1. The van der Waals surface area contributed by atoms with Gasteiger partial charge in [-0.3, -0.25) is 4.79 Å². The maximum Gasteiger partial charge on any atom is 0.253 e. The molecule has 2 atom stereocenters. The third-order valence-corrected chi connectivity index (χ3v) is 7.73. The zero-order valence-corrected chi connectivity index (χ0v) is 20.2. The van der Waals surface area contributed by atoms with E-state index >= 15 is 0 Å². The van der Waals surface area contributed by atoms with Crippen molar-refractivity contribution in [3.63, 3.8) is 0 Å². The molecule has 3 aliphatic rings. The number of pyridine rings is 1. The molecule has 8 heteroatoms. The predicted molar refractivity (Wildman–Crippen MR) is 134 cm³/mol. The lowest BCUT2D eigenvalue weighted by atomic mass is 9.85. The van der Waals surface area contributed by atoms with E-state index in [4.69, 9.17) is 4.74 Å². The summed E-state index contributed by atoms with van der Waals surface area (Å²) in [5.41, 5.74) is 2.50. The number of nitrogens with zero attached hydrogens (tertiary/aromatic N) is 4. The highest BCUT2D eigenvalue weighted by Gasteiger charge is 2.45. The molecule has 2 aliphatic carbocycles. The largest absolute Gasteiger partial charge is 0.481 e. The molecular formula is C27H32N6O2. The molecule has 2 saturated carbocycles. The lowest BCUT2D eigenvalue weighted by molar-refractivity contribution is 0.0949. The van der Waals surface area contributed by atoms with E-state index < -0.39 is 0 Å². The number of aromatic nitrogens is 3.